The second-order valence-electron chi connectivity index (χ2n) is 5.52. The summed E-state index contributed by atoms with van der Waals surface area (Å²) in [5.41, 5.74) is 0. The predicted molar refractivity (Wildman–Crippen MR) is 81.7 cm³/mol. The molecule has 1 fully saturated rings. The summed E-state index contributed by atoms with van der Waals surface area (Å²) in [4.78, 5) is 5.04. The first-order valence-electron chi connectivity index (χ1n) is 7.94. The second-order valence-corrected chi connectivity index (χ2v) is 5.52. The number of rotatable bonds is 10. The maximum Gasteiger partial charge on any atom is 0.0491 e. The van der Waals surface area contributed by atoms with Crippen molar-refractivity contribution in [2.75, 3.05) is 66.1 Å². The first-order valence-corrected chi connectivity index (χ1v) is 7.94. The van der Waals surface area contributed by atoms with Crippen LogP contribution in [0.15, 0.2) is 0 Å². The zero-order valence-corrected chi connectivity index (χ0v) is 13.2. The highest BCUT2D eigenvalue weighted by molar-refractivity contribution is 4.72. The molecule has 0 bridgehead atoms. The van der Waals surface area contributed by atoms with Crippen LogP contribution in [0.5, 0.6) is 0 Å². The first-order chi connectivity index (χ1) is 9.30. The van der Waals surface area contributed by atoms with Gasteiger partial charge in [-0.05, 0) is 44.9 Å². The lowest BCUT2D eigenvalue weighted by Crippen LogP contribution is -2.40. The highest BCUT2D eigenvalue weighted by Gasteiger charge is 2.18. The molecule has 4 nitrogen and oxygen atoms in total. The smallest absolute Gasteiger partial charge is 0.0491 e. The van der Waals surface area contributed by atoms with Crippen LogP contribution in [0, 0.1) is 5.92 Å². The van der Waals surface area contributed by atoms with E-state index in [0.29, 0.717) is 0 Å². The molecule has 0 aromatic heterocycles. The lowest BCUT2D eigenvalue weighted by atomic mass is 9.98. The Morgan fingerprint density at radius 2 is 1.84 bits per heavy atom. The van der Waals surface area contributed by atoms with Crippen molar-refractivity contribution in [2.24, 2.45) is 5.92 Å². The molecule has 1 N–H and O–H groups in total. The number of ether oxygens (including phenoxy) is 1. The van der Waals surface area contributed by atoms with E-state index < -0.39 is 0 Å². The molecule has 1 aliphatic heterocycles. The van der Waals surface area contributed by atoms with E-state index >= 15 is 0 Å². The summed E-state index contributed by atoms with van der Waals surface area (Å²) < 4.78 is 5.24. The van der Waals surface area contributed by atoms with Crippen molar-refractivity contribution < 1.29 is 4.74 Å². The highest BCUT2D eigenvalue weighted by Crippen LogP contribution is 2.16. The molecule has 4 heteroatoms. The maximum absolute atomic E-state index is 5.24. The molecule has 0 unspecified atom stereocenters. The van der Waals surface area contributed by atoms with Crippen LogP contribution in [-0.4, -0.2) is 75.9 Å². The Balaban J connectivity index is 1.96. The molecule has 114 valence electrons. The maximum atomic E-state index is 5.24. The molecule has 0 atom stereocenters. The Labute approximate surface area is 119 Å². The Morgan fingerprint density at radius 3 is 2.42 bits per heavy atom. The van der Waals surface area contributed by atoms with Crippen LogP contribution in [0.3, 0.4) is 0 Å². The van der Waals surface area contributed by atoms with Gasteiger partial charge in [-0.2, -0.15) is 0 Å². The van der Waals surface area contributed by atoms with E-state index in [1.165, 1.54) is 39.0 Å². The molecule has 19 heavy (non-hydrogen) atoms. The number of likely N-dealkylation sites (tertiary alicyclic amines) is 1. The number of hydrogen-bond donors (Lipinski definition) is 1. The molecule has 1 aliphatic rings. The highest BCUT2D eigenvalue weighted by atomic mass is 16.5. The van der Waals surface area contributed by atoms with Gasteiger partial charge in [0, 0.05) is 39.9 Å². The van der Waals surface area contributed by atoms with Crippen molar-refractivity contribution in [1.82, 2.24) is 15.1 Å². The van der Waals surface area contributed by atoms with Crippen molar-refractivity contribution in [2.45, 2.75) is 26.7 Å². The van der Waals surface area contributed by atoms with Gasteiger partial charge in [-0.15, -0.1) is 0 Å². The first kappa shape index (κ1) is 16.9. The third-order valence-electron chi connectivity index (χ3n) is 4.21. The molecule has 0 aliphatic carbocycles. The summed E-state index contributed by atoms with van der Waals surface area (Å²) in [5, 5.41) is 3.56. The zero-order valence-electron chi connectivity index (χ0n) is 13.2. The van der Waals surface area contributed by atoms with E-state index in [4.69, 9.17) is 4.74 Å². The Kier molecular flexibility index (Phi) is 9.43. The monoisotopic (exact) mass is 271 g/mol. The molecule has 1 heterocycles. The van der Waals surface area contributed by atoms with Gasteiger partial charge < -0.3 is 19.9 Å². The molecule has 0 spiro atoms. The molecular formula is C15H33N3O. The number of nitrogens with zero attached hydrogens (tertiary/aromatic N) is 2. The number of piperidine rings is 1. The van der Waals surface area contributed by atoms with E-state index in [-0.39, 0.29) is 0 Å². The van der Waals surface area contributed by atoms with Crippen molar-refractivity contribution >= 4 is 0 Å². The quantitative estimate of drug-likeness (QED) is 0.606. The fourth-order valence-electron chi connectivity index (χ4n) is 2.75. The van der Waals surface area contributed by atoms with Crippen LogP contribution in [0.1, 0.15) is 26.7 Å². The summed E-state index contributed by atoms with van der Waals surface area (Å²) in [6.07, 6.45) is 2.60. The third-order valence-corrected chi connectivity index (χ3v) is 4.21. The van der Waals surface area contributed by atoms with Crippen molar-refractivity contribution in [3.63, 3.8) is 0 Å². The van der Waals surface area contributed by atoms with Gasteiger partial charge in [0.05, 0.1) is 0 Å². The SMILES string of the molecule is CCN(CC)CCNCCN1CCC(COC)CC1. The normalized spacial score (nSPS) is 18.3. The van der Waals surface area contributed by atoms with Crippen LogP contribution in [0.4, 0.5) is 0 Å². The summed E-state index contributed by atoms with van der Waals surface area (Å²) >= 11 is 0. The molecule has 0 saturated carbocycles. The van der Waals surface area contributed by atoms with Gasteiger partial charge in [0.25, 0.3) is 0 Å². The van der Waals surface area contributed by atoms with Gasteiger partial charge in [-0.25, -0.2) is 0 Å². The lowest BCUT2D eigenvalue weighted by molar-refractivity contribution is 0.0998. The molecule has 0 amide bonds. The molecule has 1 saturated heterocycles. The summed E-state index contributed by atoms with van der Waals surface area (Å²) in [6.45, 7) is 14.8. The average Bonchev–Trinajstić information content (AvgIpc) is 2.45. The van der Waals surface area contributed by atoms with E-state index in [9.17, 15) is 0 Å². The molecule has 0 aromatic rings. The summed E-state index contributed by atoms with van der Waals surface area (Å²) in [7, 11) is 1.81. The average molecular weight is 271 g/mol. The Hall–Kier alpha value is -0.160. The van der Waals surface area contributed by atoms with Gasteiger partial charge in [-0.1, -0.05) is 13.8 Å². The van der Waals surface area contributed by atoms with Gasteiger partial charge in [-0.3, -0.25) is 0 Å². The van der Waals surface area contributed by atoms with Crippen LogP contribution in [0.2, 0.25) is 0 Å². The fraction of sp³-hybridized carbons (Fsp3) is 1.00. The molecule has 0 radical (unpaired) electrons. The number of methoxy groups -OCH3 is 1. The van der Waals surface area contributed by atoms with E-state index in [2.05, 4.69) is 29.0 Å². The molecule has 1 rings (SSSR count). The minimum absolute atomic E-state index is 0.789. The Bertz CT molecular complexity index is 202. The van der Waals surface area contributed by atoms with E-state index in [0.717, 1.165) is 38.7 Å². The number of hydrogen-bond acceptors (Lipinski definition) is 4. The van der Waals surface area contributed by atoms with Crippen LogP contribution >= 0.6 is 0 Å². The number of nitrogens with one attached hydrogen (secondary N) is 1. The van der Waals surface area contributed by atoms with Gasteiger partial charge in [0.15, 0.2) is 0 Å². The second kappa shape index (κ2) is 10.6. The summed E-state index contributed by atoms with van der Waals surface area (Å²) in [5.74, 6) is 0.789. The van der Waals surface area contributed by atoms with Crippen LogP contribution in [-0.2, 0) is 4.74 Å². The fourth-order valence-corrected chi connectivity index (χ4v) is 2.75. The largest absolute Gasteiger partial charge is 0.384 e. The van der Waals surface area contributed by atoms with Gasteiger partial charge in [0.2, 0.25) is 0 Å². The predicted octanol–water partition coefficient (Wildman–Crippen LogP) is 1.28. The van der Waals surface area contributed by atoms with Crippen molar-refractivity contribution in [3.05, 3.63) is 0 Å². The van der Waals surface area contributed by atoms with Gasteiger partial charge in [0.1, 0.15) is 0 Å². The topological polar surface area (TPSA) is 27.7 Å². The summed E-state index contributed by atoms with van der Waals surface area (Å²) in [6, 6.07) is 0. The van der Waals surface area contributed by atoms with E-state index in [1.807, 2.05) is 7.11 Å². The number of likely N-dealkylation sites (N-methyl/N-ethyl adjacent to an activating group) is 1. The van der Waals surface area contributed by atoms with Crippen LogP contribution < -0.4 is 5.32 Å². The lowest BCUT2D eigenvalue weighted by Gasteiger charge is -2.31. The van der Waals surface area contributed by atoms with Crippen molar-refractivity contribution in [1.29, 1.82) is 0 Å². The van der Waals surface area contributed by atoms with Crippen LogP contribution in [0.25, 0.3) is 0 Å². The Morgan fingerprint density at radius 1 is 1.16 bits per heavy atom. The minimum atomic E-state index is 0.789. The zero-order chi connectivity index (χ0) is 13.9. The molecular weight excluding hydrogens is 238 g/mol. The van der Waals surface area contributed by atoms with E-state index in [1.54, 1.807) is 0 Å². The van der Waals surface area contributed by atoms with Gasteiger partial charge >= 0.3 is 0 Å². The third kappa shape index (κ3) is 7.25. The molecule has 0 aromatic carbocycles. The standard InChI is InChI=1S/C15H33N3O/c1-4-17(5-2)12-8-16-9-13-18-10-6-15(7-11-18)14-19-3/h15-16H,4-14H2,1-3H3. The minimum Gasteiger partial charge on any atom is -0.384 e. The van der Waals surface area contributed by atoms with Crippen molar-refractivity contribution in [3.8, 4) is 0 Å².